The largest absolute Gasteiger partial charge is 0.495 e. The van der Waals surface area contributed by atoms with Crippen molar-refractivity contribution in [3.8, 4) is 11.8 Å². The molecule has 1 saturated carbocycles. The van der Waals surface area contributed by atoms with Crippen LogP contribution in [0.25, 0.3) is 11.0 Å². The van der Waals surface area contributed by atoms with Gasteiger partial charge in [0.1, 0.15) is 22.9 Å². The number of ether oxygens (including phenoxy) is 1. The van der Waals surface area contributed by atoms with E-state index in [-0.39, 0.29) is 0 Å². The molecule has 0 bridgehead atoms. The average molecular weight is 228 g/mol. The van der Waals surface area contributed by atoms with E-state index in [0.717, 1.165) is 18.0 Å². The molecule has 1 aromatic heterocycles. The maximum atomic E-state index is 9.14. The van der Waals surface area contributed by atoms with E-state index in [1.165, 1.54) is 12.8 Å². The summed E-state index contributed by atoms with van der Waals surface area (Å²) in [6, 6.07) is 5.84. The van der Waals surface area contributed by atoms with Crippen LogP contribution in [0.15, 0.2) is 12.1 Å². The second-order valence-electron chi connectivity index (χ2n) is 4.34. The molecule has 0 aliphatic heterocycles. The van der Waals surface area contributed by atoms with Gasteiger partial charge in [-0.2, -0.15) is 5.26 Å². The van der Waals surface area contributed by atoms with Gasteiger partial charge in [-0.05, 0) is 30.9 Å². The Hall–Kier alpha value is -2.09. The standard InChI is InChI=1S/C12H12N4O/c1-17-11-5-4-10-12(9(11)6-13)14-15-16(10)7-8-2-3-8/h4-5,8H,2-3,7H2,1H3. The van der Waals surface area contributed by atoms with Crippen LogP contribution in [-0.4, -0.2) is 22.1 Å². The van der Waals surface area contributed by atoms with Crippen LogP contribution in [0.4, 0.5) is 0 Å². The van der Waals surface area contributed by atoms with Crippen LogP contribution in [0.1, 0.15) is 18.4 Å². The predicted molar refractivity (Wildman–Crippen MR) is 61.5 cm³/mol. The zero-order valence-electron chi connectivity index (χ0n) is 9.55. The summed E-state index contributed by atoms with van der Waals surface area (Å²) in [6.07, 6.45) is 2.53. The lowest BCUT2D eigenvalue weighted by Gasteiger charge is -2.03. The second-order valence-corrected chi connectivity index (χ2v) is 4.34. The molecular formula is C12H12N4O. The Labute approximate surface area is 98.6 Å². The van der Waals surface area contributed by atoms with E-state index in [9.17, 15) is 0 Å². The van der Waals surface area contributed by atoms with Crippen LogP contribution in [0.5, 0.6) is 5.75 Å². The molecule has 0 saturated heterocycles. The van der Waals surface area contributed by atoms with Crippen molar-refractivity contribution in [3.63, 3.8) is 0 Å². The molecule has 0 N–H and O–H groups in total. The summed E-state index contributed by atoms with van der Waals surface area (Å²) in [7, 11) is 1.55. The highest BCUT2D eigenvalue weighted by Gasteiger charge is 2.24. The zero-order valence-corrected chi connectivity index (χ0v) is 9.55. The van der Waals surface area contributed by atoms with Gasteiger partial charge in [0, 0.05) is 6.54 Å². The van der Waals surface area contributed by atoms with Crippen LogP contribution in [0, 0.1) is 17.2 Å². The van der Waals surface area contributed by atoms with Gasteiger partial charge in [0.05, 0.1) is 12.6 Å². The van der Waals surface area contributed by atoms with E-state index >= 15 is 0 Å². The van der Waals surface area contributed by atoms with Gasteiger partial charge < -0.3 is 4.74 Å². The number of fused-ring (bicyclic) bond motifs is 1. The fourth-order valence-corrected chi connectivity index (χ4v) is 1.98. The number of nitrogens with zero attached hydrogens (tertiary/aromatic N) is 4. The van der Waals surface area contributed by atoms with E-state index in [0.29, 0.717) is 16.8 Å². The molecule has 1 aromatic carbocycles. The molecule has 1 fully saturated rings. The van der Waals surface area contributed by atoms with Crippen molar-refractivity contribution in [1.29, 1.82) is 5.26 Å². The summed E-state index contributed by atoms with van der Waals surface area (Å²) >= 11 is 0. The monoisotopic (exact) mass is 228 g/mol. The third kappa shape index (κ3) is 1.62. The molecule has 0 radical (unpaired) electrons. The first-order valence-electron chi connectivity index (χ1n) is 5.63. The Morgan fingerprint density at radius 1 is 1.53 bits per heavy atom. The smallest absolute Gasteiger partial charge is 0.139 e. The van der Waals surface area contributed by atoms with Crippen molar-refractivity contribution in [2.24, 2.45) is 5.92 Å². The van der Waals surface area contributed by atoms with Crippen molar-refractivity contribution in [1.82, 2.24) is 15.0 Å². The lowest BCUT2D eigenvalue weighted by Crippen LogP contribution is -2.01. The molecule has 1 heterocycles. The van der Waals surface area contributed by atoms with E-state index in [4.69, 9.17) is 10.00 Å². The first-order chi connectivity index (χ1) is 8.33. The summed E-state index contributed by atoms with van der Waals surface area (Å²) in [6.45, 7) is 0.897. The number of hydrogen-bond donors (Lipinski definition) is 0. The Kier molecular flexibility index (Phi) is 2.22. The van der Waals surface area contributed by atoms with Gasteiger partial charge in [-0.15, -0.1) is 5.10 Å². The van der Waals surface area contributed by atoms with E-state index < -0.39 is 0 Å². The third-order valence-electron chi connectivity index (χ3n) is 3.11. The van der Waals surface area contributed by atoms with Crippen LogP contribution >= 0.6 is 0 Å². The van der Waals surface area contributed by atoms with E-state index in [2.05, 4.69) is 16.4 Å². The van der Waals surface area contributed by atoms with Gasteiger partial charge in [0.25, 0.3) is 0 Å². The van der Waals surface area contributed by atoms with Crippen molar-refractivity contribution < 1.29 is 4.74 Å². The summed E-state index contributed by atoms with van der Waals surface area (Å²) in [5.74, 6) is 1.28. The molecule has 5 heteroatoms. The molecule has 1 aliphatic rings. The predicted octanol–water partition coefficient (Wildman–Crippen LogP) is 1.72. The van der Waals surface area contributed by atoms with Crippen LogP contribution in [0.2, 0.25) is 0 Å². The summed E-state index contributed by atoms with van der Waals surface area (Å²) in [5.41, 5.74) is 2.01. The molecule has 3 rings (SSSR count). The minimum Gasteiger partial charge on any atom is -0.495 e. The van der Waals surface area contributed by atoms with Crippen LogP contribution in [0.3, 0.4) is 0 Å². The van der Waals surface area contributed by atoms with Gasteiger partial charge >= 0.3 is 0 Å². The van der Waals surface area contributed by atoms with Crippen LogP contribution < -0.4 is 4.74 Å². The lowest BCUT2D eigenvalue weighted by molar-refractivity contribution is 0.414. The zero-order chi connectivity index (χ0) is 11.8. The molecule has 0 atom stereocenters. The molecule has 2 aromatic rings. The Bertz CT molecular complexity index is 607. The Morgan fingerprint density at radius 3 is 3.00 bits per heavy atom. The van der Waals surface area contributed by atoms with Gasteiger partial charge in [0.15, 0.2) is 0 Å². The molecular weight excluding hydrogens is 216 g/mol. The fraction of sp³-hybridized carbons (Fsp3) is 0.417. The highest BCUT2D eigenvalue weighted by Crippen LogP contribution is 2.32. The number of aromatic nitrogens is 3. The van der Waals surface area contributed by atoms with Crippen molar-refractivity contribution in [2.45, 2.75) is 19.4 Å². The third-order valence-corrected chi connectivity index (χ3v) is 3.11. The maximum absolute atomic E-state index is 9.14. The molecule has 1 aliphatic carbocycles. The fourth-order valence-electron chi connectivity index (χ4n) is 1.98. The minimum atomic E-state index is 0.465. The van der Waals surface area contributed by atoms with Gasteiger partial charge in [-0.3, -0.25) is 0 Å². The highest BCUT2D eigenvalue weighted by atomic mass is 16.5. The first kappa shape index (κ1) is 10.1. The average Bonchev–Trinajstić information content (AvgIpc) is 3.08. The van der Waals surface area contributed by atoms with Crippen molar-refractivity contribution in [3.05, 3.63) is 17.7 Å². The van der Waals surface area contributed by atoms with Crippen molar-refractivity contribution in [2.75, 3.05) is 7.11 Å². The first-order valence-corrected chi connectivity index (χ1v) is 5.63. The molecule has 0 amide bonds. The molecule has 17 heavy (non-hydrogen) atoms. The molecule has 5 nitrogen and oxygen atoms in total. The van der Waals surface area contributed by atoms with E-state index in [1.807, 2.05) is 10.7 Å². The number of benzene rings is 1. The lowest BCUT2D eigenvalue weighted by atomic mass is 10.2. The van der Waals surface area contributed by atoms with Crippen molar-refractivity contribution >= 4 is 11.0 Å². The molecule has 0 spiro atoms. The topological polar surface area (TPSA) is 63.7 Å². The van der Waals surface area contributed by atoms with Gasteiger partial charge in [-0.1, -0.05) is 5.21 Å². The SMILES string of the molecule is COc1ccc2c(nnn2CC2CC2)c1C#N. The molecule has 86 valence electrons. The quantitative estimate of drug-likeness (QED) is 0.802. The van der Waals surface area contributed by atoms with Gasteiger partial charge in [-0.25, -0.2) is 4.68 Å². The highest BCUT2D eigenvalue weighted by molar-refractivity contribution is 5.83. The number of rotatable bonds is 3. The number of methoxy groups -OCH3 is 1. The molecule has 0 unspecified atom stereocenters. The normalized spacial score (nSPS) is 14.8. The Balaban J connectivity index is 2.14. The number of hydrogen-bond acceptors (Lipinski definition) is 4. The van der Waals surface area contributed by atoms with E-state index in [1.54, 1.807) is 13.2 Å². The maximum Gasteiger partial charge on any atom is 0.139 e. The number of nitriles is 1. The van der Waals surface area contributed by atoms with Gasteiger partial charge in [0.2, 0.25) is 0 Å². The minimum absolute atomic E-state index is 0.465. The summed E-state index contributed by atoms with van der Waals surface area (Å²) in [4.78, 5) is 0. The summed E-state index contributed by atoms with van der Waals surface area (Å²) in [5, 5.41) is 17.4. The second kappa shape index (κ2) is 3.74. The van der Waals surface area contributed by atoms with Crippen LogP contribution in [-0.2, 0) is 6.54 Å². The summed E-state index contributed by atoms with van der Waals surface area (Å²) < 4.78 is 7.03. The Morgan fingerprint density at radius 2 is 2.35 bits per heavy atom.